The zero-order valence-electron chi connectivity index (χ0n) is 4.76. The number of hydrogen-bond donors (Lipinski definition) is 2. The van der Waals surface area contributed by atoms with Crippen LogP contribution in [0.2, 0.25) is 0 Å². The van der Waals surface area contributed by atoms with Crippen molar-refractivity contribution in [1.29, 1.82) is 0 Å². The van der Waals surface area contributed by atoms with Gasteiger partial charge >= 0.3 is 35.5 Å². The van der Waals surface area contributed by atoms with Crippen LogP contribution in [-0.2, 0) is 9.63 Å². The van der Waals surface area contributed by atoms with Crippen LogP contribution in [0.3, 0.4) is 0 Å². The third-order valence-corrected chi connectivity index (χ3v) is 0.447. The molecule has 0 fully saturated rings. The van der Waals surface area contributed by atoms with Gasteiger partial charge in [-0.2, -0.15) is 5.90 Å². The first-order valence-electron chi connectivity index (χ1n) is 1.81. The predicted octanol–water partition coefficient (Wildman–Crippen LogP) is -4.21. The van der Waals surface area contributed by atoms with Crippen molar-refractivity contribution in [3.8, 4) is 0 Å². The Kier molecular flexibility index (Phi) is 10.4. The minimum Gasteiger partial charge on any atom is -0.396 e. The van der Waals surface area contributed by atoms with Crippen LogP contribution in [0.5, 0.6) is 0 Å². The molecule has 0 aliphatic carbocycles. The van der Waals surface area contributed by atoms with Gasteiger partial charge in [-0.3, -0.25) is 4.79 Å². The fourth-order valence-electron chi connectivity index (χ4n) is 0.150. The molecule has 0 aromatic rings. The molecule has 0 aliphatic rings. The van der Waals surface area contributed by atoms with Crippen LogP contribution in [0.4, 0.5) is 0 Å². The summed E-state index contributed by atoms with van der Waals surface area (Å²) in [6, 6.07) is 0. The van der Waals surface area contributed by atoms with E-state index in [0.717, 1.165) is 0 Å². The van der Waals surface area contributed by atoms with E-state index in [4.69, 9.17) is 5.11 Å². The zero-order valence-corrected chi connectivity index (χ0v) is 6.76. The molecule has 0 aromatic heterocycles. The van der Waals surface area contributed by atoms with E-state index in [2.05, 4.69) is 10.7 Å². The van der Waals surface area contributed by atoms with Crippen molar-refractivity contribution < 1.29 is 44.3 Å². The molecular formula is C3H7NNaO3+. The number of carbonyl (C=O) groups excluding carboxylic acids is 1. The van der Waals surface area contributed by atoms with Gasteiger partial charge in [-0.25, -0.2) is 0 Å². The summed E-state index contributed by atoms with van der Waals surface area (Å²) in [5, 5.41) is 8.01. The van der Waals surface area contributed by atoms with Crippen LogP contribution in [-0.4, -0.2) is 17.7 Å². The third-order valence-electron chi connectivity index (χ3n) is 0.447. The normalized spacial score (nSPS) is 7.25. The molecule has 0 aromatic carbocycles. The van der Waals surface area contributed by atoms with Crippen LogP contribution in [0.25, 0.3) is 0 Å². The molecule has 0 unspecified atom stereocenters. The van der Waals surface area contributed by atoms with E-state index >= 15 is 0 Å². The van der Waals surface area contributed by atoms with Gasteiger partial charge in [0.1, 0.15) is 0 Å². The Hall–Kier alpha value is 0.390. The second kappa shape index (κ2) is 7.39. The number of rotatable bonds is 2. The van der Waals surface area contributed by atoms with Gasteiger partial charge in [-0.1, -0.05) is 0 Å². The van der Waals surface area contributed by atoms with Gasteiger partial charge in [0.05, 0.1) is 13.0 Å². The number of hydrogen-bond acceptors (Lipinski definition) is 4. The molecule has 0 saturated carbocycles. The first kappa shape index (κ1) is 11.2. The van der Waals surface area contributed by atoms with Crippen LogP contribution < -0.4 is 35.5 Å². The van der Waals surface area contributed by atoms with E-state index in [1.807, 2.05) is 0 Å². The predicted molar refractivity (Wildman–Crippen MR) is 22.0 cm³/mol. The molecule has 5 heteroatoms. The number of carbonyl (C=O) groups is 1. The quantitative estimate of drug-likeness (QED) is 0.292. The Labute approximate surface area is 69.2 Å². The molecule has 0 bridgehead atoms. The average molecular weight is 128 g/mol. The van der Waals surface area contributed by atoms with E-state index in [1.165, 1.54) is 0 Å². The van der Waals surface area contributed by atoms with Crippen LogP contribution in [0.1, 0.15) is 6.42 Å². The molecular weight excluding hydrogens is 121 g/mol. The van der Waals surface area contributed by atoms with Crippen molar-refractivity contribution in [3.05, 3.63) is 0 Å². The Morgan fingerprint density at radius 3 is 2.38 bits per heavy atom. The largest absolute Gasteiger partial charge is 1.00 e. The molecule has 0 spiro atoms. The second-order valence-corrected chi connectivity index (χ2v) is 0.963. The fourth-order valence-corrected chi connectivity index (χ4v) is 0.150. The van der Waals surface area contributed by atoms with Crippen LogP contribution in [0, 0.1) is 0 Å². The van der Waals surface area contributed by atoms with Gasteiger partial charge in [0.2, 0.25) is 0 Å². The zero-order chi connectivity index (χ0) is 5.70. The maximum absolute atomic E-state index is 9.90. The summed E-state index contributed by atoms with van der Waals surface area (Å²) < 4.78 is 0. The molecule has 0 heterocycles. The van der Waals surface area contributed by atoms with Crippen molar-refractivity contribution in [2.24, 2.45) is 5.90 Å². The maximum Gasteiger partial charge on any atom is 1.00 e. The average Bonchev–Trinajstić information content (AvgIpc) is 1.68. The van der Waals surface area contributed by atoms with Crippen molar-refractivity contribution in [3.63, 3.8) is 0 Å². The van der Waals surface area contributed by atoms with Crippen molar-refractivity contribution >= 4 is 5.97 Å². The Bertz CT molecular complexity index is 67.5. The summed E-state index contributed by atoms with van der Waals surface area (Å²) in [5.41, 5.74) is 0. The summed E-state index contributed by atoms with van der Waals surface area (Å²) in [5.74, 6) is 3.80. The van der Waals surface area contributed by atoms with Gasteiger partial charge in [0, 0.05) is 0 Å². The molecule has 0 radical (unpaired) electrons. The SMILES string of the molecule is NOC(=O)CCO.[Na+]. The first-order valence-corrected chi connectivity index (χ1v) is 1.81. The van der Waals surface area contributed by atoms with Crippen molar-refractivity contribution in [2.75, 3.05) is 6.61 Å². The molecule has 8 heavy (non-hydrogen) atoms. The van der Waals surface area contributed by atoms with E-state index in [0.29, 0.717) is 0 Å². The Balaban J connectivity index is 0. The van der Waals surface area contributed by atoms with Gasteiger partial charge in [0.15, 0.2) is 0 Å². The van der Waals surface area contributed by atoms with E-state index in [1.54, 1.807) is 0 Å². The molecule has 0 atom stereocenters. The van der Waals surface area contributed by atoms with Gasteiger partial charge < -0.3 is 9.94 Å². The van der Waals surface area contributed by atoms with Crippen LogP contribution >= 0.6 is 0 Å². The Morgan fingerprint density at radius 2 is 2.25 bits per heavy atom. The number of aliphatic hydroxyl groups is 1. The maximum atomic E-state index is 9.90. The van der Waals surface area contributed by atoms with Crippen molar-refractivity contribution in [2.45, 2.75) is 6.42 Å². The summed E-state index contributed by atoms with van der Waals surface area (Å²) in [4.78, 5) is 13.6. The fraction of sp³-hybridized carbons (Fsp3) is 0.667. The molecule has 4 nitrogen and oxygen atoms in total. The summed E-state index contributed by atoms with van der Waals surface area (Å²) in [6.45, 7) is -0.212. The minimum absolute atomic E-state index is 0. The van der Waals surface area contributed by atoms with E-state index < -0.39 is 5.97 Å². The molecule has 42 valence electrons. The second-order valence-electron chi connectivity index (χ2n) is 0.963. The molecule has 0 aliphatic heterocycles. The van der Waals surface area contributed by atoms with Crippen molar-refractivity contribution in [1.82, 2.24) is 0 Å². The van der Waals surface area contributed by atoms with E-state index in [9.17, 15) is 4.79 Å². The van der Waals surface area contributed by atoms with Crippen LogP contribution in [0.15, 0.2) is 0 Å². The molecule has 0 amide bonds. The summed E-state index contributed by atoms with van der Waals surface area (Å²) in [7, 11) is 0. The first-order chi connectivity index (χ1) is 3.31. The number of nitrogens with two attached hydrogens (primary N) is 1. The van der Waals surface area contributed by atoms with Gasteiger partial charge in [0.25, 0.3) is 0 Å². The number of aliphatic hydroxyl groups excluding tert-OH is 1. The minimum atomic E-state index is -0.595. The molecule has 0 saturated heterocycles. The molecule has 3 N–H and O–H groups in total. The topological polar surface area (TPSA) is 72.5 Å². The third kappa shape index (κ3) is 6.39. The standard InChI is InChI=1S/C3H7NO3.Na/c4-7-3(6)1-2-5;/h5H,1-2,4H2;/q;+1. The monoisotopic (exact) mass is 128 g/mol. The smallest absolute Gasteiger partial charge is 0.396 e. The van der Waals surface area contributed by atoms with Gasteiger partial charge in [-0.05, 0) is 0 Å². The molecule has 0 rings (SSSR count). The summed E-state index contributed by atoms with van der Waals surface area (Å²) in [6.07, 6.45) is -0.0312. The van der Waals surface area contributed by atoms with E-state index in [-0.39, 0.29) is 42.6 Å². The Morgan fingerprint density at radius 1 is 1.75 bits per heavy atom. The van der Waals surface area contributed by atoms with Gasteiger partial charge in [-0.15, -0.1) is 0 Å². The summed E-state index contributed by atoms with van der Waals surface area (Å²) >= 11 is 0.